The number of carboxylic acids is 1. The number of pyridine rings is 1. The fraction of sp³-hybridized carbons (Fsp3) is 0.208. The van der Waals surface area contributed by atoms with Crippen molar-refractivity contribution >= 4 is 17.0 Å². The van der Waals surface area contributed by atoms with Crippen molar-refractivity contribution in [2.75, 3.05) is 0 Å². The lowest BCUT2D eigenvalue weighted by molar-refractivity contribution is 0.0696. The molecule has 0 saturated heterocycles. The molecule has 0 atom stereocenters. The van der Waals surface area contributed by atoms with Gasteiger partial charge in [0.05, 0.1) is 22.3 Å². The number of hydrogen-bond acceptors (Lipinski definition) is 5. The van der Waals surface area contributed by atoms with Gasteiger partial charge in [-0.25, -0.2) is 9.78 Å². The van der Waals surface area contributed by atoms with E-state index in [4.69, 9.17) is 14.6 Å². The molecule has 0 unspecified atom stereocenters. The average molecular weight is 417 g/mol. The third kappa shape index (κ3) is 4.07. The van der Waals surface area contributed by atoms with E-state index < -0.39 is 5.97 Å². The maximum absolute atomic E-state index is 11.1. The van der Waals surface area contributed by atoms with Gasteiger partial charge in [-0.15, -0.1) is 0 Å². The monoisotopic (exact) mass is 417 g/mol. The van der Waals surface area contributed by atoms with Crippen LogP contribution in [0.5, 0.6) is 17.2 Å². The molecule has 4 aromatic rings. The SMILES string of the molecule is Cc1ccc(Oc2ccc3nc(COc4cccc(C(=O)O)c4)n(C)c3c2C)c(C)n1. The van der Waals surface area contributed by atoms with Crippen LogP contribution < -0.4 is 9.47 Å². The highest BCUT2D eigenvalue weighted by Gasteiger charge is 2.15. The number of benzene rings is 2. The van der Waals surface area contributed by atoms with E-state index in [9.17, 15) is 4.79 Å². The van der Waals surface area contributed by atoms with E-state index in [2.05, 4.69) is 9.97 Å². The van der Waals surface area contributed by atoms with Crippen molar-refractivity contribution in [2.45, 2.75) is 27.4 Å². The number of aromatic carboxylic acids is 1. The highest BCUT2D eigenvalue weighted by atomic mass is 16.5. The number of aryl methyl sites for hydroxylation is 4. The summed E-state index contributed by atoms with van der Waals surface area (Å²) in [5.41, 5.74) is 4.72. The summed E-state index contributed by atoms with van der Waals surface area (Å²) in [5, 5.41) is 9.14. The summed E-state index contributed by atoms with van der Waals surface area (Å²) in [6, 6.07) is 14.1. The number of rotatable bonds is 6. The molecule has 0 saturated carbocycles. The normalized spacial score (nSPS) is 11.0. The zero-order valence-corrected chi connectivity index (χ0v) is 17.8. The fourth-order valence-electron chi connectivity index (χ4n) is 3.53. The van der Waals surface area contributed by atoms with Crippen molar-refractivity contribution in [3.05, 3.63) is 76.9 Å². The highest BCUT2D eigenvalue weighted by Crippen LogP contribution is 2.32. The second-order valence-corrected chi connectivity index (χ2v) is 7.40. The molecule has 0 radical (unpaired) electrons. The molecule has 0 aliphatic carbocycles. The van der Waals surface area contributed by atoms with Gasteiger partial charge in [-0.2, -0.15) is 0 Å². The number of aromatic nitrogens is 3. The minimum atomic E-state index is -0.990. The van der Waals surface area contributed by atoms with Gasteiger partial charge in [-0.1, -0.05) is 6.07 Å². The quantitative estimate of drug-likeness (QED) is 0.477. The maximum Gasteiger partial charge on any atom is 0.335 e. The largest absolute Gasteiger partial charge is 0.486 e. The molecular formula is C24H23N3O4. The van der Waals surface area contributed by atoms with Crippen molar-refractivity contribution in [3.8, 4) is 17.2 Å². The first-order valence-corrected chi connectivity index (χ1v) is 9.86. The lowest BCUT2D eigenvalue weighted by Gasteiger charge is -2.12. The summed E-state index contributed by atoms with van der Waals surface area (Å²) >= 11 is 0. The van der Waals surface area contributed by atoms with Gasteiger partial charge in [0.2, 0.25) is 0 Å². The highest BCUT2D eigenvalue weighted by molar-refractivity contribution is 5.88. The summed E-state index contributed by atoms with van der Waals surface area (Å²) < 4.78 is 13.9. The van der Waals surface area contributed by atoms with Gasteiger partial charge in [0.15, 0.2) is 0 Å². The van der Waals surface area contributed by atoms with Gasteiger partial charge >= 0.3 is 5.97 Å². The molecule has 7 heteroatoms. The third-order valence-electron chi connectivity index (χ3n) is 5.18. The molecule has 2 aromatic carbocycles. The molecule has 0 aliphatic rings. The molecule has 0 fully saturated rings. The molecule has 0 spiro atoms. The number of carboxylic acid groups (broad SMARTS) is 1. The summed E-state index contributed by atoms with van der Waals surface area (Å²) in [5.74, 6) is 1.68. The van der Waals surface area contributed by atoms with E-state index in [0.29, 0.717) is 5.75 Å². The van der Waals surface area contributed by atoms with E-state index >= 15 is 0 Å². The molecule has 4 rings (SSSR count). The zero-order valence-electron chi connectivity index (χ0n) is 17.8. The predicted octanol–water partition coefficient (Wildman–Crippen LogP) is 4.96. The molecule has 0 amide bonds. The predicted molar refractivity (Wildman–Crippen MR) is 117 cm³/mol. The lowest BCUT2D eigenvalue weighted by atomic mass is 10.2. The van der Waals surface area contributed by atoms with Crippen LogP contribution in [0.3, 0.4) is 0 Å². The van der Waals surface area contributed by atoms with Crippen LogP contribution in [-0.2, 0) is 13.7 Å². The second-order valence-electron chi connectivity index (χ2n) is 7.40. The molecule has 7 nitrogen and oxygen atoms in total. The fourth-order valence-corrected chi connectivity index (χ4v) is 3.53. The van der Waals surface area contributed by atoms with Gasteiger partial charge in [-0.3, -0.25) is 4.98 Å². The van der Waals surface area contributed by atoms with Gasteiger partial charge in [0.1, 0.15) is 29.7 Å². The standard InChI is InChI=1S/C24H23N3O4/c1-14-8-10-21(16(3)25-14)31-20-11-9-19-23(15(20)2)27(4)22(26-19)13-30-18-7-5-6-17(12-18)24(28)29/h5-12H,13H2,1-4H3,(H,28,29). The molecular weight excluding hydrogens is 394 g/mol. The summed E-state index contributed by atoms with van der Waals surface area (Å²) in [7, 11) is 1.93. The Morgan fingerprint density at radius 3 is 2.55 bits per heavy atom. The number of fused-ring (bicyclic) bond motifs is 1. The van der Waals surface area contributed by atoms with E-state index in [1.54, 1.807) is 12.1 Å². The Hall–Kier alpha value is -3.87. The number of hydrogen-bond donors (Lipinski definition) is 1. The van der Waals surface area contributed by atoms with Crippen LogP contribution in [0.15, 0.2) is 48.5 Å². The molecule has 0 bridgehead atoms. The Labute approximate surface area is 179 Å². The van der Waals surface area contributed by atoms with E-state index in [0.717, 1.165) is 45.3 Å². The molecule has 1 N–H and O–H groups in total. The van der Waals surface area contributed by atoms with Crippen LogP contribution in [0.4, 0.5) is 0 Å². The second kappa shape index (κ2) is 8.10. The zero-order chi connectivity index (χ0) is 22.1. The van der Waals surface area contributed by atoms with Crippen LogP contribution in [0.1, 0.15) is 33.1 Å². The minimum Gasteiger partial charge on any atom is -0.486 e. The van der Waals surface area contributed by atoms with Crippen molar-refractivity contribution in [1.29, 1.82) is 0 Å². The Morgan fingerprint density at radius 2 is 1.81 bits per heavy atom. The summed E-state index contributed by atoms with van der Waals surface area (Å²) in [6.45, 7) is 6.09. The number of imidazole rings is 1. The smallest absolute Gasteiger partial charge is 0.335 e. The first kappa shape index (κ1) is 20.4. The van der Waals surface area contributed by atoms with E-state index in [1.165, 1.54) is 12.1 Å². The topological polar surface area (TPSA) is 86.5 Å². The molecule has 0 aliphatic heterocycles. The Morgan fingerprint density at radius 1 is 1.03 bits per heavy atom. The number of ether oxygens (including phenoxy) is 2. The van der Waals surface area contributed by atoms with Gasteiger partial charge in [0, 0.05) is 18.3 Å². The van der Waals surface area contributed by atoms with Crippen LogP contribution >= 0.6 is 0 Å². The minimum absolute atomic E-state index is 0.182. The Balaban J connectivity index is 1.61. The summed E-state index contributed by atoms with van der Waals surface area (Å²) in [6.07, 6.45) is 0. The Kier molecular flexibility index (Phi) is 5.33. The summed E-state index contributed by atoms with van der Waals surface area (Å²) in [4.78, 5) is 20.3. The number of carbonyl (C=O) groups is 1. The Bertz CT molecular complexity index is 1290. The van der Waals surface area contributed by atoms with Gasteiger partial charge in [-0.05, 0) is 63.2 Å². The van der Waals surface area contributed by atoms with Crippen LogP contribution in [0.2, 0.25) is 0 Å². The third-order valence-corrected chi connectivity index (χ3v) is 5.18. The molecule has 2 aromatic heterocycles. The van der Waals surface area contributed by atoms with Gasteiger partial charge < -0.3 is 19.1 Å². The average Bonchev–Trinajstić information content (AvgIpc) is 3.06. The molecule has 158 valence electrons. The molecule has 31 heavy (non-hydrogen) atoms. The van der Waals surface area contributed by atoms with Crippen molar-refractivity contribution < 1.29 is 19.4 Å². The van der Waals surface area contributed by atoms with Crippen molar-refractivity contribution in [2.24, 2.45) is 7.05 Å². The van der Waals surface area contributed by atoms with Crippen LogP contribution in [-0.4, -0.2) is 25.6 Å². The molecule has 2 heterocycles. The van der Waals surface area contributed by atoms with Gasteiger partial charge in [0.25, 0.3) is 0 Å². The maximum atomic E-state index is 11.1. The van der Waals surface area contributed by atoms with Crippen molar-refractivity contribution in [1.82, 2.24) is 14.5 Å². The first-order valence-electron chi connectivity index (χ1n) is 9.86. The van der Waals surface area contributed by atoms with Crippen LogP contribution in [0.25, 0.3) is 11.0 Å². The van der Waals surface area contributed by atoms with E-state index in [1.807, 2.05) is 56.7 Å². The number of nitrogens with zero attached hydrogens (tertiary/aromatic N) is 3. The lowest BCUT2D eigenvalue weighted by Crippen LogP contribution is -2.04. The van der Waals surface area contributed by atoms with Crippen molar-refractivity contribution in [3.63, 3.8) is 0 Å². The first-order chi connectivity index (χ1) is 14.8. The van der Waals surface area contributed by atoms with Crippen LogP contribution in [0, 0.1) is 20.8 Å². The van der Waals surface area contributed by atoms with E-state index in [-0.39, 0.29) is 12.2 Å².